The molecule has 18 heavy (non-hydrogen) atoms. The van der Waals surface area contributed by atoms with Crippen molar-refractivity contribution in [3.05, 3.63) is 27.6 Å². The summed E-state index contributed by atoms with van der Waals surface area (Å²) in [6.07, 6.45) is 2.82. The lowest BCUT2D eigenvalue weighted by Gasteiger charge is -2.11. The minimum Gasteiger partial charge on any atom is -0.377 e. The van der Waals surface area contributed by atoms with Gasteiger partial charge in [-0.1, -0.05) is 11.6 Å². The molecule has 100 valence electrons. The van der Waals surface area contributed by atoms with E-state index < -0.39 is 15.6 Å². The van der Waals surface area contributed by atoms with Crippen LogP contribution in [0.1, 0.15) is 12.8 Å². The number of sulfonamides is 1. The maximum absolute atomic E-state index is 11.9. The molecule has 0 aliphatic carbocycles. The zero-order valence-corrected chi connectivity index (χ0v) is 11.1. The highest BCUT2D eigenvalue weighted by Crippen LogP contribution is 2.13. The van der Waals surface area contributed by atoms with Gasteiger partial charge in [-0.05, 0) is 18.9 Å². The highest BCUT2D eigenvalue weighted by Gasteiger charge is 2.20. The van der Waals surface area contributed by atoms with Crippen LogP contribution < -0.4 is 10.3 Å². The van der Waals surface area contributed by atoms with Crippen LogP contribution in [-0.4, -0.2) is 32.7 Å². The van der Waals surface area contributed by atoms with Crippen molar-refractivity contribution in [2.75, 3.05) is 13.2 Å². The Bertz CT molecular complexity index is 578. The molecule has 1 aliphatic heterocycles. The first-order valence-electron chi connectivity index (χ1n) is 5.48. The molecule has 6 nitrogen and oxygen atoms in total. The summed E-state index contributed by atoms with van der Waals surface area (Å²) in [6, 6.07) is 1.12. The van der Waals surface area contributed by atoms with Gasteiger partial charge in [0.1, 0.15) is 5.02 Å². The molecule has 8 heteroatoms. The molecule has 1 aliphatic rings. The van der Waals surface area contributed by atoms with Crippen molar-refractivity contribution in [3.8, 4) is 0 Å². The van der Waals surface area contributed by atoms with Gasteiger partial charge in [0, 0.05) is 19.3 Å². The van der Waals surface area contributed by atoms with Crippen molar-refractivity contribution in [1.82, 2.24) is 9.71 Å². The fourth-order valence-electron chi connectivity index (χ4n) is 1.68. The van der Waals surface area contributed by atoms with E-state index in [-0.39, 0.29) is 22.6 Å². The number of aromatic amines is 1. The fourth-order valence-corrected chi connectivity index (χ4v) is 2.98. The minimum atomic E-state index is -3.67. The molecule has 1 aromatic rings. The van der Waals surface area contributed by atoms with Gasteiger partial charge in [0.2, 0.25) is 10.0 Å². The number of aromatic nitrogens is 1. The summed E-state index contributed by atoms with van der Waals surface area (Å²) in [7, 11) is -3.67. The number of H-pyrrole nitrogens is 1. The third-order valence-electron chi connectivity index (χ3n) is 2.67. The lowest BCUT2D eigenvalue weighted by Crippen LogP contribution is -2.32. The van der Waals surface area contributed by atoms with Gasteiger partial charge in [0.15, 0.2) is 0 Å². The van der Waals surface area contributed by atoms with Crippen LogP contribution in [0.25, 0.3) is 0 Å². The summed E-state index contributed by atoms with van der Waals surface area (Å²) in [5, 5.41) is -0.157. The topological polar surface area (TPSA) is 88.3 Å². The second kappa shape index (κ2) is 5.40. The zero-order valence-electron chi connectivity index (χ0n) is 9.48. The van der Waals surface area contributed by atoms with E-state index in [2.05, 4.69) is 9.71 Å². The molecule has 0 bridgehead atoms. The summed E-state index contributed by atoms with van der Waals surface area (Å²) >= 11 is 5.59. The molecular weight excluding hydrogens is 280 g/mol. The van der Waals surface area contributed by atoms with E-state index in [0.717, 1.165) is 25.1 Å². The Morgan fingerprint density at radius 2 is 2.33 bits per heavy atom. The Kier molecular flexibility index (Phi) is 4.06. The van der Waals surface area contributed by atoms with Crippen LogP contribution in [0.5, 0.6) is 0 Å². The van der Waals surface area contributed by atoms with Gasteiger partial charge in [-0.2, -0.15) is 0 Å². The number of halogens is 1. The van der Waals surface area contributed by atoms with Gasteiger partial charge in [0.05, 0.1) is 11.0 Å². The quantitative estimate of drug-likeness (QED) is 0.845. The van der Waals surface area contributed by atoms with Gasteiger partial charge in [-0.15, -0.1) is 0 Å². The average Bonchev–Trinajstić information content (AvgIpc) is 2.83. The van der Waals surface area contributed by atoms with E-state index in [4.69, 9.17) is 16.3 Å². The molecule has 1 atom stereocenters. The lowest BCUT2D eigenvalue weighted by atomic mass is 10.2. The van der Waals surface area contributed by atoms with Crippen LogP contribution in [-0.2, 0) is 14.8 Å². The standard InChI is InChI=1S/C10H13ClN2O4S/c11-9-4-8(6-12-10(9)14)18(15,16)13-5-7-2-1-3-17-7/h4,6-7,13H,1-3,5H2,(H,12,14). The van der Waals surface area contributed by atoms with Crippen LogP contribution in [0.2, 0.25) is 5.02 Å². The predicted molar refractivity (Wildman–Crippen MR) is 66.2 cm³/mol. The number of hydrogen-bond donors (Lipinski definition) is 2. The van der Waals surface area contributed by atoms with E-state index in [1.165, 1.54) is 0 Å². The highest BCUT2D eigenvalue weighted by molar-refractivity contribution is 7.89. The van der Waals surface area contributed by atoms with E-state index in [0.29, 0.717) is 6.61 Å². The molecule has 2 N–H and O–H groups in total. The smallest absolute Gasteiger partial charge is 0.266 e. The summed E-state index contributed by atoms with van der Waals surface area (Å²) in [4.78, 5) is 13.2. The maximum atomic E-state index is 11.9. The van der Waals surface area contributed by atoms with Crippen molar-refractivity contribution in [2.24, 2.45) is 0 Å². The van der Waals surface area contributed by atoms with E-state index >= 15 is 0 Å². The summed E-state index contributed by atoms with van der Waals surface area (Å²) < 4.78 is 31.6. The second-order valence-corrected chi connectivity index (χ2v) is 6.17. The van der Waals surface area contributed by atoms with Crippen LogP contribution in [0, 0.1) is 0 Å². The number of pyridine rings is 1. The van der Waals surface area contributed by atoms with Crippen LogP contribution in [0.15, 0.2) is 22.0 Å². The Hall–Kier alpha value is -0.890. The molecule has 0 amide bonds. The predicted octanol–water partition coefficient (Wildman–Crippen LogP) is 0.486. The van der Waals surface area contributed by atoms with Crippen molar-refractivity contribution >= 4 is 21.6 Å². The Labute approximate surface area is 109 Å². The van der Waals surface area contributed by atoms with Gasteiger partial charge in [-0.3, -0.25) is 4.79 Å². The minimum absolute atomic E-state index is 0.0647. The number of rotatable bonds is 4. The van der Waals surface area contributed by atoms with Crippen molar-refractivity contribution in [3.63, 3.8) is 0 Å². The Balaban J connectivity index is 2.09. The highest BCUT2D eigenvalue weighted by atomic mass is 35.5. The van der Waals surface area contributed by atoms with E-state index in [1.54, 1.807) is 0 Å². The first-order valence-corrected chi connectivity index (χ1v) is 7.34. The molecule has 2 rings (SSSR count). The first-order chi connectivity index (χ1) is 8.49. The molecule has 1 unspecified atom stereocenters. The lowest BCUT2D eigenvalue weighted by molar-refractivity contribution is 0.114. The maximum Gasteiger partial charge on any atom is 0.266 e. The van der Waals surface area contributed by atoms with Crippen LogP contribution in [0.4, 0.5) is 0 Å². The second-order valence-electron chi connectivity index (χ2n) is 4.00. The first kappa shape index (κ1) is 13.5. The van der Waals surface area contributed by atoms with Gasteiger partial charge in [-0.25, -0.2) is 13.1 Å². The van der Waals surface area contributed by atoms with Crippen molar-refractivity contribution < 1.29 is 13.2 Å². The molecule has 1 fully saturated rings. The van der Waals surface area contributed by atoms with Gasteiger partial charge >= 0.3 is 0 Å². The van der Waals surface area contributed by atoms with Crippen molar-refractivity contribution in [1.29, 1.82) is 0 Å². The summed E-state index contributed by atoms with van der Waals surface area (Å²) in [5.74, 6) is 0. The summed E-state index contributed by atoms with van der Waals surface area (Å²) in [6.45, 7) is 0.885. The van der Waals surface area contributed by atoms with Gasteiger partial charge < -0.3 is 9.72 Å². The average molecular weight is 293 g/mol. The monoisotopic (exact) mass is 292 g/mol. The fraction of sp³-hybridized carbons (Fsp3) is 0.500. The number of ether oxygens (including phenoxy) is 1. The molecule has 0 aromatic carbocycles. The molecule has 2 heterocycles. The van der Waals surface area contributed by atoms with Gasteiger partial charge in [0.25, 0.3) is 5.56 Å². The molecular formula is C10H13ClN2O4S. The number of nitrogens with one attached hydrogen (secondary N) is 2. The molecule has 1 aromatic heterocycles. The molecule has 1 saturated heterocycles. The normalized spacial score (nSPS) is 20.2. The Morgan fingerprint density at radius 1 is 1.56 bits per heavy atom. The van der Waals surface area contributed by atoms with Crippen LogP contribution >= 0.6 is 11.6 Å². The Morgan fingerprint density at radius 3 is 2.94 bits per heavy atom. The van der Waals surface area contributed by atoms with Crippen molar-refractivity contribution in [2.45, 2.75) is 23.8 Å². The molecule has 0 saturated carbocycles. The third-order valence-corrected chi connectivity index (χ3v) is 4.35. The zero-order chi connectivity index (χ0) is 13.2. The van der Waals surface area contributed by atoms with E-state index in [1.807, 2.05) is 0 Å². The molecule has 0 spiro atoms. The molecule has 0 radical (unpaired) electrons. The summed E-state index contributed by atoms with van der Waals surface area (Å²) in [5.41, 5.74) is -0.519. The third kappa shape index (κ3) is 3.11. The van der Waals surface area contributed by atoms with Crippen LogP contribution in [0.3, 0.4) is 0 Å². The van der Waals surface area contributed by atoms with E-state index in [9.17, 15) is 13.2 Å². The SMILES string of the molecule is O=c1[nH]cc(S(=O)(=O)NCC2CCCO2)cc1Cl. The number of hydrogen-bond acceptors (Lipinski definition) is 4. The largest absolute Gasteiger partial charge is 0.377 e.